The third-order valence-corrected chi connectivity index (χ3v) is 5.01. The van der Waals surface area contributed by atoms with Crippen LogP contribution in [0.15, 0.2) is 39.9 Å². The van der Waals surface area contributed by atoms with Crippen molar-refractivity contribution >= 4 is 5.69 Å². The minimum absolute atomic E-state index is 0.291. The number of nitrogens with one attached hydrogen (secondary N) is 1. The monoisotopic (exact) mass is 283 g/mol. The fraction of sp³-hybridized carbons (Fsp3) is 0.444. The standard InChI is InChI=1S/C18H21NO2/c1-11-7-6-10-14(12(11)2)19-16-15(17(20)18(16)21)13-8-4-3-5-9-13/h3-5,8-9,11-12,14,19H,6-7,10H2,1-2H3/t11-,12+,14+/m1/s1. The van der Waals surface area contributed by atoms with Crippen LogP contribution in [0.25, 0.3) is 11.1 Å². The predicted molar refractivity (Wildman–Crippen MR) is 86.4 cm³/mol. The van der Waals surface area contributed by atoms with Crippen LogP contribution >= 0.6 is 0 Å². The molecule has 0 heterocycles. The topological polar surface area (TPSA) is 46.2 Å². The molecule has 3 atom stereocenters. The molecule has 1 saturated carbocycles. The first-order valence-electron chi connectivity index (χ1n) is 7.75. The Kier molecular flexibility index (Phi) is 3.66. The molecule has 3 rings (SSSR count). The number of benzene rings is 1. The van der Waals surface area contributed by atoms with E-state index in [0.29, 0.717) is 29.1 Å². The maximum Gasteiger partial charge on any atom is 0.250 e. The summed E-state index contributed by atoms with van der Waals surface area (Å²) in [5, 5.41) is 3.37. The molecule has 2 aromatic carbocycles. The van der Waals surface area contributed by atoms with Gasteiger partial charge in [-0.15, -0.1) is 0 Å². The molecule has 110 valence electrons. The second kappa shape index (κ2) is 5.47. The highest BCUT2D eigenvalue weighted by Gasteiger charge is 2.30. The first kappa shape index (κ1) is 14.1. The van der Waals surface area contributed by atoms with Gasteiger partial charge in [-0.2, -0.15) is 0 Å². The molecule has 1 aliphatic rings. The van der Waals surface area contributed by atoms with Crippen LogP contribution in [-0.4, -0.2) is 6.04 Å². The summed E-state index contributed by atoms with van der Waals surface area (Å²) in [5.41, 5.74) is 1.20. The molecule has 1 fully saturated rings. The number of hydrogen-bond acceptors (Lipinski definition) is 3. The van der Waals surface area contributed by atoms with Gasteiger partial charge in [0, 0.05) is 6.04 Å². The van der Waals surface area contributed by atoms with Gasteiger partial charge in [0.05, 0.1) is 11.3 Å². The van der Waals surface area contributed by atoms with Crippen LogP contribution in [0, 0.1) is 11.8 Å². The molecule has 1 N–H and O–H groups in total. The number of hydrogen-bond donors (Lipinski definition) is 1. The third-order valence-electron chi connectivity index (χ3n) is 5.01. The van der Waals surface area contributed by atoms with Crippen molar-refractivity contribution in [1.29, 1.82) is 0 Å². The van der Waals surface area contributed by atoms with E-state index in [9.17, 15) is 9.59 Å². The van der Waals surface area contributed by atoms with E-state index in [0.717, 1.165) is 12.0 Å². The molecule has 0 aromatic heterocycles. The van der Waals surface area contributed by atoms with Gasteiger partial charge < -0.3 is 5.32 Å². The lowest BCUT2D eigenvalue weighted by Crippen LogP contribution is -2.42. The maximum atomic E-state index is 11.9. The zero-order chi connectivity index (χ0) is 15.0. The van der Waals surface area contributed by atoms with Gasteiger partial charge in [-0.25, -0.2) is 0 Å². The highest BCUT2D eigenvalue weighted by molar-refractivity contribution is 5.82. The van der Waals surface area contributed by atoms with Crippen LogP contribution < -0.4 is 16.2 Å². The Morgan fingerprint density at radius 2 is 1.71 bits per heavy atom. The molecule has 0 saturated heterocycles. The van der Waals surface area contributed by atoms with E-state index < -0.39 is 0 Å². The SMILES string of the molecule is C[C@H]1[C@H](C)CCC[C@@H]1Nc1c(-c2ccccc2)c(=O)c1=O. The summed E-state index contributed by atoms with van der Waals surface area (Å²) < 4.78 is 0. The zero-order valence-corrected chi connectivity index (χ0v) is 12.6. The summed E-state index contributed by atoms with van der Waals surface area (Å²) in [7, 11) is 0. The molecular formula is C18H21NO2. The summed E-state index contributed by atoms with van der Waals surface area (Å²) >= 11 is 0. The van der Waals surface area contributed by atoms with E-state index in [2.05, 4.69) is 19.2 Å². The summed E-state index contributed by atoms with van der Waals surface area (Å²) in [6.07, 6.45) is 3.49. The average Bonchev–Trinajstić information content (AvgIpc) is 2.51. The van der Waals surface area contributed by atoms with Gasteiger partial charge >= 0.3 is 0 Å². The fourth-order valence-corrected chi connectivity index (χ4v) is 3.38. The quantitative estimate of drug-likeness (QED) is 0.880. The first-order valence-corrected chi connectivity index (χ1v) is 7.75. The molecular weight excluding hydrogens is 262 g/mol. The van der Waals surface area contributed by atoms with Crippen LogP contribution in [0.2, 0.25) is 0 Å². The van der Waals surface area contributed by atoms with Gasteiger partial charge in [0.15, 0.2) is 0 Å². The van der Waals surface area contributed by atoms with E-state index in [-0.39, 0.29) is 10.9 Å². The normalized spacial score (nSPS) is 25.9. The van der Waals surface area contributed by atoms with Crippen LogP contribution in [-0.2, 0) is 0 Å². The smallest absolute Gasteiger partial charge is 0.250 e. The van der Waals surface area contributed by atoms with Crippen LogP contribution in [0.5, 0.6) is 0 Å². The largest absolute Gasteiger partial charge is 0.378 e. The Balaban J connectivity index is 1.89. The Morgan fingerprint density at radius 3 is 2.43 bits per heavy atom. The third kappa shape index (κ3) is 2.41. The lowest BCUT2D eigenvalue weighted by molar-refractivity contribution is 0.253. The highest BCUT2D eigenvalue weighted by Crippen LogP contribution is 2.33. The molecule has 21 heavy (non-hydrogen) atoms. The van der Waals surface area contributed by atoms with Crippen LogP contribution in [0.4, 0.5) is 5.69 Å². The molecule has 0 unspecified atom stereocenters. The second-order valence-corrected chi connectivity index (χ2v) is 6.29. The van der Waals surface area contributed by atoms with Crippen molar-refractivity contribution < 1.29 is 0 Å². The minimum atomic E-state index is -0.362. The zero-order valence-electron chi connectivity index (χ0n) is 12.6. The molecule has 0 spiro atoms. The first-order chi connectivity index (χ1) is 10.1. The summed E-state index contributed by atoms with van der Waals surface area (Å²) in [6.45, 7) is 4.49. The Bertz CT molecular complexity index is 698. The van der Waals surface area contributed by atoms with Crippen molar-refractivity contribution in [3.63, 3.8) is 0 Å². The van der Waals surface area contributed by atoms with Gasteiger partial charge in [-0.3, -0.25) is 9.59 Å². The molecule has 0 amide bonds. The average molecular weight is 283 g/mol. The van der Waals surface area contributed by atoms with E-state index in [1.54, 1.807) is 0 Å². The van der Waals surface area contributed by atoms with E-state index >= 15 is 0 Å². The van der Waals surface area contributed by atoms with Crippen molar-refractivity contribution in [2.24, 2.45) is 11.8 Å². The van der Waals surface area contributed by atoms with Crippen molar-refractivity contribution in [1.82, 2.24) is 0 Å². The lowest BCUT2D eigenvalue weighted by Gasteiger charge is -2.35. The minimum Gasteiger partial charge on any atom is -0.378 e. The summed E-state index contributed by atoms with van der Waals surface area (Å²) in [5.74, 6) is 1.18. The van der Waals surface area contributed by atoms with Gasteiger partial charge in [-0.1, -0.05) is 57.0 Å². The van der Waals surface area contributed by atoms with E-state index in [4.69, 9.17) is 0 Å². The molecule has 1 aliphatic carbocycles. The maximum absolute atomic E-state index is 11.9. The van der Waals surface area contributed by atoms with Crippen molar-refractivity contribution in [3.05, 3.63) is 50.8 Å². The molecule has 2 aromatic rings. The Hall–Kier alpha value is -1.90. The van der Waals surface area contributed by atoms with E-state index in [1.807, 2.05) is 30.3 Å². The van der Waals surface area contributed by atoms with Gasteiger partial charge in [0.2, 0.25) is 10.9 Å². The highest BCUT2D eigenvalue weighted by atomic mass is 16.2. The fourth-order valence-electron chi connectivity index (χ4n) is 3.38. The second-order valence-electron chi connectivity index (χ2n) is 6.29. The predicted octanol–water partition coefficient (Wildman–Crippen LogP) is 3.19. The van der Waals surface area contributed by atoms with Gasteiger partial charge in [-0.05, 0) is 23.8 Å². The molecule has 3 heteroatoms. The van der Waals surface area contributed by atoms with Crippen molar-refractivity contribution in [2.75, 3.05) is 5.32 Å². The van der Waals surface area contributed by atoms with Crippen LogP contribution in [0.1, 0.15) is 33.1 Å². The van der Waals surface area contributed by atoms with Crippen LogP contribution in [0.3, 0.4) is 0 Å². The molecule has 0 bridgehead atoms. The Morgan fingerprint density at radius 1 is 1.00 bits per heavy atom. The summed E-state index contributed by atoms with van der Waals surface area (Å²) in [4.78, 5) is 23.8. The Labute approximate surface area is 124 Å². The number of anilines is 1. The van der Waals surface area contributed by atoms with E-state index in [1.165, 1.54) is 12.8 Å². The molecule has 0 aliphatic heterocycles. The number of rotatable bonds is 3. The molecule has 3 nitrogen and oxygen atoms in total. The summed E-state index contributed by atoms with van der Waals surface area (Å²) in [6, 6.07) is 9.75. The van der Waals surface area contributed by atoms with Gasteiger partial charge in [0.25, 0.3) is 0 Å². The lowest BCUT2D eigenvalue weighted by atomic mass is 9.77. The van der Waals surface area contributed by atoms with Crippen molar-refractivity contribution in [2.45, 2.75) is 39.2 Å². The molecule has 0 radical (unpaired) electrons. The van der Waals surface area contributed by atoms with Crippen molar-refractivity contribution in [3.8, 4) is 11.1 Å². The van der Waals surface area contributed by atoms with Gasteiger partial charge in [0.1, 0.15) is 0 Å².